The van der Waals surface area contributed by atoms with Crippen LogP contribution in [0.15, 0.2) is 0 Å². The molecule has 1 unspecified atom stereocenters. The van der Waals surface area contributed by atoms with Gasteiger partial charge in [-0.05, 0) is 25.9 Å². The van der Waals surface area contributed by atoms with E-state index in [0.29, 0.717) is 12.3 Å². The number of carbonyl (C=O) groups is 1. The number of carboxylic acids is 1. The smallest absolute Gasteiger partial charge is 0.404 e. The fourth-order valence-corrected chi connectivity index (χ4v) is 1.30. The number of halogens is 3. The summed E-state index contributed by atoms with van der Waals surface area (Å²) < 4.78 is 37.7. The van der Waals surface area contributed by atoms with Crippen LogP contribution < -0.4 is 0 Å². The third kappa shape index (κ3) is 5.95. The van der Waals surface area contributed by atoms with Crippen LogP contribution in [0, 0.1) is 5.92 Å². The van der Waals surface area contributed by atoms with Gasteiger partial charge in [-0.1, -0.05) is 13.8 Å². The Balaban J connectivity index is 4.44. The van der Waals surface area contributed by atoms with Crippen molar-refractivity contribution in [3.05, 3.63) is 0 Å². The van der Waals surface area contributed by atoms with Crippen molar-refractivity contribution < 1.29 is 23.1 Å². The zero-order valence-corrected chi connectivity index (χ0v) is 9.71. The molecule has 1 atom stereocenters. The predicted molar refractivity (Wildman–Crippen MR) is 54.2 cm³/mol. The first-order valence-electron chi connectivity index (χ1n) is 5.13. The molecule has 0 amide bonds. The van der Waals surface area contributed by atoms with Gasteiger partial charge in [0.1, 0.15) is 6.04 Å². The Hall–Kier alpha value is -0.780. The first-order chi connectivity index (χ1) is 7.14. The first kappa shape index (κ1) is 15.2. The average molecular weight is 241 g/mol. The molecule has 1 N–H and O–H groups in total. The van der Waals surface area contributed by atoms with E-state index in [1.807, 2.05) is 13.8 Å². The molecule has 0 saturated carbocycles. The quantitative estimate of drug-likeness (QED) is 0.776. The molecule has 0 aromatic rings. The van der Waals surface area contributed by atoms with Crippen LogP contribution in [0.1, 0.15) is 26.7 Å². The van der Waals surface area contributed by atoms with Crippen LogP contribution in [-0.4, -0.2) is 41.8 Å². The third-order valence-corrected chi connectivity index (χ3v) is 2.34. The van der Waals surface area contributed by atoms with Gasteiger partial charge in [0, 0.05) is 0 Å². The molecule has 0 bridgehead atoms. The van der Waals surface area contributed by atoms with Crippen molar-refractivity contribution in [3.63, 3.8) is 0 Å². The summed E-state index contributed by atoms with van der Waals surface area (Å²) in [5, 5.41) is 8.45. The SMILES string of the molecule is CC(C)CCN(C)C(CC(=O)O)C(F)(F)F. The molecule has 0 aliphatic heterocycles. The van der Waals surface area contributed by atoms with Crippen LogP contribution >= 0.6 is 0 Å². The molecule has 0 rings (SSSR count). The Bertz CT molecular complexity index is 229. The second kappa shape index (κ2) is 6.08. The Morgan fingerprint density at radius 3 is 2.19 bits per heavy atom. The summed E-state index contributed by atoms with van der Waals surface area (Å²) in [6.07, 6.45) is -4.79. The molecule has 0 heterocycles. The summed E-state index contributed by atoms with van der Waals surface area (Å²) in [4.78, 5) is 11.4. The van der Waals surface area contributed by atoms with Crippen LogP contribution in [0.3, 0.4) is 0 Å². The van der Waals surface area contributed by atoms with E-state index in [1.165, 1.54) is 7.05 Å². The average Bonchev–Trinajstić information content (AvgIpc) is 2.08. The molecule has 0 spiro atoms. The van der Waals surface area contributed by atoms with E-state index in [2.05, 4.69) is 0 Å². The van der Waals surface area contributed by atoms with Crippen LogP contribution in [0.4, 0.5) is 13.2 Å². The topological polar surface area (TPSA) is 40.5 Å². The molecule has 96 valence electrons. The third-order valence-electron chi connectivity index (χ3n) is 2.34. The molecular weight excluding hydrogens is 223 g/mol. The maximum atomic E-state index is 12.6. The van der Waals surface area contributed by atoms with Gasteiger partial charge in [0.05, 0.1) is 6.42 Å². The van der Waals surface area contributed by atoms with Crippen LogP contribution in [0.25, 0.3) is 0 Å². The van der Waals surface area contributed by atoms with Gasteiger partial charge in [0.25, 0.3) is 0 Å². The number of aliphatic carboxylic acids is 1. The normalized spacial score (nSPS) is 14.5. The monoisotopic (exact) mass is 241 g/mol. The Morgan fingerprint density at radius 2 is 1.88 bits per heavy atom. The lowest BCUT2D eigenvalue weighted by atomic mass is 10.1. The highest BCUT2D eigenvalue weighted by Gasteiger charge is 2.43. The fourth-order valence-electron chi connectivity index (χ4n) is 1.30. The summed E-state index contributed by atoms with van der Waals surface area (Å²) in [6, 6.07) is -1.90. The summed E-state index contributed by atoms with van der Waals surface area (Å²) in [6.45, 7) is 4.07. The number of hydrogen-bond donors (Lipinski definition) is 1. The summed E-state index contributed by atoms with van der Waals surface area (Å²) >= 11 is 0. The van der Waals surface area contributed by atoms with E-state index in [0.717, 1.165) is 4.90 Å². The van der Waals surface area contributed by atoms with E-state index in [-0.39, 0.29) is 6.54 Å². The van der Waals surface area contributed by atoms with Gasteiger partial charge in [-0.3, -0.25) is 9.69 Å². The molecule has 6 heteroatoms. The summed E-state index contributed by atoms with van der Waals surface area (Å²) in [5.74, 6) is -1.14. The summed E-state index contributed by atoms with van der Waals surface area (Å²) in [7, 11) is 1.31. The molecule has 0 aromatic carbocycles. The molecule has 0 radical (unpaired) electrons. The number of alkyl halides is 3. The number of hydrogen-bond acceptors (Lipinski definition) is 2. The number of carboxylic acid groups (broad SMARTS) is 1. The van der Waals surface area contributed by atoms with Gasteiger partial charge in [0.2, 0.25) is 0 Å². The van der Waals surface area contributed by atoms with Crippen molar-refractivity contribution in [1.82, 2.24) is 4.90 Å². The first-order valence-corrected chi connectivity index (χ1v) is 5.13. The zero-order valence-electron chi connectivity index (χ0n) is 9.71. The molecule has 0 aliphatic rings. The highest BCUT2D eigenvalue weighted by molar-refractivity contribution is 5.67. The van der Waals surface area contributed by atoms with E-state index in [4.69, 9.17) is 5.11 Å². The fraction of sp³-hybridized carbons (Fsp3) is 0.900. The molecule has 0 aromatic heterocycles. The lowest BCUT2D eigenvalue weighted by Crippen LogP contribution is -2.45. The van der Waals surface area contributed by atoms with Crippen molar-refractivity contribution in [2.45, 2.75) is 38.9 Å². The Morgan fingerprint density at radius 1 is 1.38 bits per heavy atom. The van der Waals surface area contributed by atoms with Crippen LogP contribution in [-0.2, 0) is 4.79 Å². The van der Waals surface area contributed by atoms with E-state index in [1.54, 1.807) is 0 Å². The second-order valence-corrected chi connectivity index (χ2v) is 4.32. The minimum absolute atomic E-state index is 0.245. The molecule has 0 aliphatic carbocycles. The Kier molecular flexibility index (Phi) is 5.78. The van der Waals surface area contributed by atoms with Crippen molar-refractivity contribution >= 4 is 5.97 Å². The Labute approximate surface area is 93.2 Å². The van der Waals surface area contributed by atoms with E-state index in [9.17, 15) is 18.0 Å². The lowest BCUT2D eigenvalue weighted by molar-refractivity contribution is -0.187. The van der Waals surface area contributed by atoms with Gasteiger partial charge in [-0.25, -0.2) is 0 Å². The summed E-state index contributed by atoms with van der Waals surface area (Å²) in [5.41, 5.74) is 0. The minimum Gasteiger partial charge on any atom is -0.481 e. The van der Waals surface area contributed by atoms with E-state index >= 15 is 0 Å². The predicted octanol–water partition coefficient (Wildman–Crippen LogP) is 2.37. The van der Waals surface area contributed by atoms with Gasteiger partial charge in [-0.2, -0.15) is 13.2 Å². The number of nitrogens with zero attached hydrogens (tertiary/aromatic N) is 1. The minimum atomic E-state index is -4.50. The standard InChI is InChI=1S/C10H18F3NO2/c1-7(2)4-5-14(3)8(6-9(15)16)10(11,12)13/h7-8H,4-6H2,1-3H3,(H,15,16). The van der Waals surface area contributed by atoms with Crippen molar-refractivity contribution in [1.29, 1.82) is 0 Å². The highest BCUT2D eigenvalue weighted by Crippen LogP contribution is 2.26. The van der Waals surface area contributed by atoms with Crippen LogP contribution in [0.5, 0.6) is 0 Å². The van der Waals surface area contributed by atoms with Gasteiger partial charge >= 0.3 is 12.1 Å². The number of rotatable bonds is 6. The van der Waals surface area contributed by atoms with Crippen molar-refractivity contribution in [3.8, 4) is 0 Å². The second-order valence-electron chi connectivity index (χ2n) is 4.32. The molecule has 16 heavy (non-hydrogen) atoms. The molecular formula is C10H18F3NO2. The van der Waals surface area contributed by atoms with Crippen molar-refractivity contribution in [2.75, 3.05) is 13.6 Å². The van der Waals surface area contributed by atoms with Gasteiger partial charge in [0.15, 0.2) is 0 Å². The maximum absolute atomic E-state index is 12.6. The van der Waals surface area contributed by atoms with Gasteiger partial charge < -0.3 is 5.11 Å². The zero-order chi connectivity index (χ0) is 12.9. The highest BCUT2D eigenvalue weighted by atomic mass is 19.4. The molecule has 0 saturated heterocycles. The van der Waals surface area contributed by atoms with Gasteiger partial charge in [-0.15, -0.1) is 0 Å². The molecule has 3 nitrogen and oxygen atoms in total. The van der Waals surface area contributed by atoms with Crippen molar-refractivity contribution in [2.24, 2.45) is 5.92 Å². The van der Waals surface area contributed by atoms with E-state index < -0.39 is 24.6 Å². The largest absolute Gasteiger partial charge is 0.481 e. The lowest BCUT2D eigenvalue weighted by Gasteiger charge is -2.29. The molecule has 0 fully saturated rings. The maximum Gasteiger partial charge on any atom is 0.404 e. The van der Waals surface area contributed by atoms with Crippen LogP contribution in [0.2, 0.25) is 0 Å².